The molecule has 1 rings (SSSR count). The molecule has 19 heavy (non-hydrogen) atoms. The molecule has 0 bridgehead atoms. The number of hydrogen-bond acceptors (Lipinski definition) is 3. The number of amides is 1. The molecule has 2 N–H and O–H groups in total. The molecule has 0 spiro atoms. The first-order valence-electron chi connectivity index (χ1n) is 5.89. The highest BCUT2D eigenvalue weighted by Gasteiger charge is 2.30. The van der Waals surface area contributed by atoms with E-state index < -0.39 is 24.5 Å². The number of carbonyl (C=O) groups is 1. The first-order chi connectivity index (χ1) is 8.83. The number of nitrogens with one attached hydrogen (secondary N) is 2. The average Bonchev–Trinajstić information content (AvgIpc) is 2.27. The van der Waals surface area contributed by atoms with Gasteiger partial charge in [-0.15, -0.1) is 0 Å². The van der Waals surface area contributed by atoms with Gasteiger partial charge in [0, 0.05) is 25.0 Å². The van der Waals surface area contributed by atoms with Crippen molar-refractivity contribution in [3.05, 3.63) is 24.0 Å². The highest BCUT2D eigenvalue weighted by Crippen LogP contribution is 2.21. The van der Waals surface area contributed by atoms with Crippen molar-refractivity contribution in [1.29, 1.82) is 0 Å². The molecule has 0 aliphatic carbocycles. The van der Waals surface area contributed by atoms with Gasteiger partial charge in [0.15, 0.2) is 0 Å². The van der Waals surface area contributed by atoms with Crippen LogP contribution in [0.5, 0.6) is 0 Å². The van der Waals surface area contributed by atoms with Gasteiger partial charge in [0.2, 0.25) is 0 Å². The molecule has 1 atom stereocenters. The van der Waals surface area contributed by atoms with Crippen LogP contribution in [0.25, 0.3) is 0 Å². The summed E-state index contributed by atoms with van der Waals surface area (Å²) in [5, 5.41) is 5.27. The molecule has 0 aromatic carbocycles. The van der Waals surface area contributed by atoms with Crippen LogP contribution in [0.2, 0.25) is 0 Å². The van der Waals surface area contributed by atoms with E-state index >= 15 is 0 Å². The monoisotopic (exact) mass is 275 g/mol. The van der Waals surface area contributed by atoms with Crippen LogP contribution < -0.4 is 10.6 Å². The van der Waals surface area contributed by atoms with Crippen LogP contribution in [0.4, 0.5) is 18.9 Å². The largest absolute Gasteiger partial charge is 0.391 e. The van der Waals surface area contributed by atoms with E-state index in [4.69, 9.17) is 0 Å². The second kappa shape index (κ2) is 6.40. The Labute approximate surface area is 109 Å². The molecule has 0 aliphatic heterocycles. The fourth-order valence-electron chi connectivity index (χ4n) is 1.62. The molecule has 1 aromatic rings. The standard InChI is InChI=1S/C12H16F3N3O/c1-3-17-10-4-5-16-7-9(10)11(19)18-8(2)6-12(13,14)15/h4-5,7-8H,3,6H2,1-2H3,(H,16,17)(H,18,19). The lowest BCUT2D eigenvalue weighted by molar-refractivity contribution is -0.138. The van der Waals surface area contributed by atoms with Gasteiger partial charge in [-0.1, -0.05) is 0 Å². The van der Waals surface area contributed by atoms with Crippen molar-refractivity contribution < 1.29 is 18.0 Å². The minimum Gasteiger partial charge on any atom is -0.385 e. The third-order valence-corrected chi connectivity index (χ3v) is 2.35. The van der Waals surface area contributed by atoms with E-state index in [1.807, 2.05) is 6.92 Å². The van der Waals surface area contributed by atoms with E-state index in [0.717, 1.165) is 0 Å². The van der Waals surface area contributed by atoms with Gasteiger partial charge >= 0.3 is 6.18 Å². The molecule has 0 saturated carbocycles. The molecule has 7 heteroatoms. The lowest BCUT2D eigenvalue weighted by Gasteiger charge is -2.17. The van der Waals surface area contributed by atoms with E-state index in [2.05, 4.69) is 15.6 Å². The van der Waals surface area contributed by atoms with Gasteiger partial charge in [0.05, 0.1) is 17.7 Å². The van der Waals surface area contributed by atoms with E-state index in [9.17, 15) is 18.0 Å². The summed E-state index contributed by atoms with van der Waals surface area (Å²) in [6.45, 7) is 3.77. The average molecular weight is 275 g/mol. The summed E-state index contributed by atoms with van der Waals surface area (Å²) in [6, 6.07) is 0.620. The Morgan fingerprint density at radius 3 is 2.74 bits per heavy atom. The van der Waals surface area contributed by atoms with Gasteiger partial charge in [-0.25, -0.2) is 0 Å². The van der Waals surface area contributed by atoms with Crippen molar-refractivity contribution in [3.8, 4) is 0 Å². The number of carbonyl (C=O) groups excluding carboxylic acids is 1. The van der Waals surface area contributed by atoms with Crippen molar-refractivity contribution in [2.75, 3.05) is 11.9 Å². The summed E-state index contributed by atoms with van der Waals surface area (Å²) in [4.78, 5) is 15.7. The highest BCUT2D eigenvalue weighted by atomic mass is 19.4. The van der Waals surface area contributed by atoms with Crippen LogP contribution in [-0.4, -0.2) is 29.7 Å². The van der Waals surface area contributed by atoms with Gasteiger partial charge in [-0.2, -0.15) is 13.2 Å². The molecule has 106 valence electrons. The predicted octanol–water partition coefficient (Wildman–Crippen LogP) is 2.58. The number of alkyl halides is 3. The van der Waals surface area contributed by atoms with Crippen molar-refractivity contribution >= 4 is 11.6 Å². The van der Waals surface area contributed by atoms with Crippen molar-refractivity contribution in [2.24, 2.45) is 0 Å². The Balaban J connectivity index is 2.73. The normalized spacial score (nSPS) is 12.9. The Morgan fingerprint density at radius 1 is 1.47 bits per heavy atom. The van der Waals surface area contributed by atoms with E-state index in [0.29, 0.717) is 12.2 Å². The molecular formula is C12H16F3N3O. The highest BCUT2D eigenvalue weighted by molar-refractivity contribution is 5.99. The lowest BCUT2D eigenvalue weighted by Crippen LogP contribution is -2.36. The predicted molar refractivity (Wildman–Crippen MR) is 66.0 cm³/mol. The molecule has 1 heterocycles. The van der Waals surface area contributed by atoms with Gasteiger partial charge in [0.1, 0.15) is 0 Å². The number of halogens is 3. The number of anilines is 1. The summed E-state index contributed by atoms with van der Waals surface area (Å²) < 4.78 is 36.5. The molecule has 1 aromatic heterocycles. The molecule has 1 amide bonds. The minimum atomic E-state index is -4.30. The third kappa shape index (κ3) is 5.15. The number of hydrogen-bond donors (Lipinski definition) is 2. The number of aromatic nitrogens is 1. The minimum absolute atomic E-state index is 0.235. The molecular weight excluding hydrogens is 259 g/mol. The van der Waals surface area contributed by atoms with Gasteiger partial charge < -0.3 is 10.6 Å². The zero-order valence-corrected chi connectivity index (χ0v) is 10.7. The van der Waals surface area contributed by atoms with Crippen LogP contribution in [0.1, 0.15) is 30.6 Å². The number of rotatable bonds is 5. The fraction of sp³-hybridized carbons (Fsp3) is 0.500. The summed E-state index contributed by atoms with van der Waals surface area (Å²) in [7, 11) is 0. The number of nitrogens with zero attached hydrogens (tertiary/aromatic N) is 1. The molecule has 4 nitrogen and oxygen atoms in total. The smallest absolute Gasteiger partial charge is 0.385 e. The summed E-state index contributed by atoms with van der Waals surface area (Å²) >= 11 is 0. The Kier molecular flexibility index (Phi) is 5.14. The summed E-state index contributed by atoms with van der Waals surface area (Å²) in [6.07, 6.45) is -2.52. The third-order valence-electron chi connectivity index (χ3n) is 2.35. The second-order valence-corrected chi connectivity index (χ2v) is 4.15. The van der Waals surface area contributed by atoms with Crippen molar-refractivity contribution in [2.45, 2.75) is 32.5 Å². The van der Waals surface area contributed by atoms with Crippen molar-refractivity contribution in [1.82, 2.24) is 10.3 Å². The number of pyridine rings is 1. The molecule has 0 radical (unpaired) electrons. The van der Waals surface area contributed by atoms with Crippen LogP contribution in [0.15, 0.2) is 18.5 Å². The van der Waals surface area contributed by atoms with Gasteiger partial charge in [-0.05, 0) is 19.9 Å². The van der Waals surface area contributed by atoms with Crippen LogP contribution in [-0.2, 0) is 0 Å². The lowest BCUT2D eigenvalue weighted by atomic mass is 10.2. The second-order valence-electron chi connectivity index (χ2n) is 4.15. The molecule has 0 fully saturated rings. The Hall–Kier alpha value is -1.79. The zero-order chi connectivity index (χ0) is 14.5. The first-order valence-corrected chi connectivity index (χ1v) is 5.89. The van der Waals surface area contributed by atoms with Crippen LogP contribution in [0.3, 0.4) is 0 Å². The van der Waals surface area contributed by atoms with Gasteiger partial charge in [0.25, 0.3) is 5.91 Å². The maximum absolute atomic E-state index is 12.2. The fourth-order valence-corrected chi connectivity index (χ4v) is 1.62. The molecule has 1 unspecified atom stereocenters. The van der Waals surface area contributed by atoms with E-state index in [1.165, 1.54) is 19.3 Å². The van der Waals surface area contributed by atoms with Crippen LogP contribution >= 0.6 is 0 Å². The quantitative estimate of drug-likeness (QED) is 0.868. The van der Waals surface area contributed by atoms with E-state index in [1.54, 1.807) is 6.07 Å². The first kappa shape index (κ1) is 15.3. The Bertz CT molecular complexity index is 434. The van der Waals surface area contributed by atoms with Crippen molar-refractivity contribution in [3.63, 3.8) is 0 Å². The maximum atomic E-state index is 12.2. The van der Waals surface area contributed by atoms with Crippen LogP contribution in [0, 0.1) is 0 Å². The summed E-state index contributed by atoms with van der Waals surface area (Å²) in [5.41, 5.74) is 0.785. The molecule has 0 saturated heterocycles. The molecule has 0 aliphatic rings. The SMILES string of the molecule is CCNc1ccncc1C(=O)NC(C)CC(F)(F)F. The summed E-state index contributed by atoms with van der Waals surface area (Å²) in [5.74, 6) is -0.569. The zero-order valence-electron chi connectivity index (χ0n) is 10.7. The van der Waals surface area contributed by atoms with Gasteiger partial charge in [-0.3, -0.25) is 9.78 Å². The Morgan fingerprint density at radius 2 is 2.16 bits per heavy atom. The maximum Gasteiger partial charge on any atom is 0.391 e. The topological polar surface area (TPSA) is 54.0 Å². The van der Waals surface area contributed by atoms with E-state index in [-0.39, 0.29) is 5.56 Å².